The molecule has 2 rings (SSSR count). The molecule has 1 N–H and O–H groups in total. The van der Waals surface area contributed by atoms with Gasteiger partial charge >= 0.3 is 6.61 Å². The van der Waals surface area contributed by atoms with Gasteiger partial charge in [0.05, 0.1) is 5.75 Å². The van der Waals surface area contributed by atoms with E-state index in [0.29, 0.717) is 0 Å². The maximum atomic E-state index is 12.1. The fraction of sp³-hybridized carbons (Fsp3) is 0.222. The molecule has 132 valence electrons. The number of ether oxygens (including phenoxy) is 1. The number of thioether (sulfide) groups is 1. The van der Waals surface area contributed by atoms with E-state index in [1.165, 1.54) is 41.6 Å². The van der Waals surface area contributed by atoms with E-state index in [1.807, 2.05) is 32.0 Å². The third-order valence-electron chi connectivity index (χ3n) is 3.44. The second kappa shape index (κ2) is 8.62. The van der Waals surface area contributed by atoms with Gasteiger partial charge in [-0.1, -0.05) is 6.07 Å². The van der Waals surface area contributed by atoms with Crippen molar-refractivity contribution in [3.8, 4) is 5.75 Å². The number of benzene rings is 2. The number of aryl methyl sites for hydroxylation is 2. The number of halogens is 2. The molecule has 0 saturated heterocycles. The summed E-state index contributed by atoms with van der Waals surface area (Å²) in [4.78, 5) is 24.8. The molecule has 0 aliphatic heterocycles. The molecule has 0 heterocycles. The first kappa shape index (κ1) is 18.9. The number of imide groups is 1. The summed E-state index contributed by atoms with van der Waals surface area (Å²) in [5.74, 6) is -0.973. The predicted octanol–water partition coefficient (Wildman–Crippen LogP) is 3.95. The SMILES string of the molecule is Cc1ccc(SCC(=O)NC(=O)c2ccc(OC(F)F)cc2)cc1C. The molecule has 0 fully saturated rings. The average molecular weight is 365 g/mol. The van der Waals surface area contributed by atoms with Crippen molar-refractivity contribution in [1.82, 2.24) is 5.32 Å². The molecule has 0 aromatic heterocycles. The van der Waals surface area contributed by atoms with Gasteiger partial charge in [-0.05, 0) is 61.4 Å². The lowest BCUT2D eigenvalue weighted by Gasteiger charge is -2.07. The van der Waals surface area contributed by atoms with E-state index in [2.05, 4.69) is 10.1 Å². The van der Waals surface area contributed by atoms with Crippen molar-refractivity contribution in [3.63, 3.8) is 0 Å². The summed E-state index contributed by atoms with van der Waals surface area (Å²) in [6, 6.07) is 11.0. The van der Waals surface area contributed by atoms with E-state index in [9.17, 15) is 18.4 Å². The Hall–Kier alpha value is -2.41. The van der Waals surface area contributed by atoms with E-state index in [0.717, 1.165) is 10.5 Å². The quantitative estimate of drug-likeness (QED) is 0.788. The van der Waals surface area contributed by atoms with Gasteiger partial charge in [-0.25, -0.2) is 0 Å². The van der Waals surface area contributed by atoms with Gasteiger partial charge in [-0.15, -0.1) is 11.8 Å². The standard InChI is InChI=1S/C18H17F2NO3S/c1-11-3-8-15(9-12(11)2)25-10-16(22)21-17(23)13-4-6-14(7-5-13)24-18(19)20/h3-9,18H,10H2,1-2H3,(H,21,22,23). The molecule has 2 amide bonds. The molecule has 0 aliphatic carbocycles. The van der Waals surface area contributed by atoms with Gasteiger partial charge in [0.2, 0.25) is 5.91 Å². The molecule has 0 unspecified atom stereocenters. The first-order valence-corrected chi connectivity index (χ1v) is 8.43. The predicted molar refractivity (Wildman–Crippen MR) is 92.2 cm³/mol. The van der Waals surface area contributed by atoms with Gasteiger partial charge in [0, 0.05) is 10.5 Å². The van der Waals surface area contributed by atoms with Crippen LogP contribution in [0.4, 0.5) is 8.78 Å². The van der Waals surface area contributed by atoms with Gasteiger partial charge < -0.3 is 4.74 Å². The van der Waals surface area contributed by atoms with E-state index >= 15 is 0 Å². The molecule has 4 nitrogen and oxygen atoms in total. The van der Waals surface area contributed by atoms with Crippen LogP contribution in [0.3, 0.4) is 0 Å². The van der Waals surface area contributed by atoms with Crippen LogP contribution in [0.25, 0.3) is 0 Å². The Morgan fingerprint density at radius 2 is 1.76 bits per heavy atom. The topological polar surface area (TPSA) is 55.4 Å². The fourth-order valence-corrected chi connectivity index (χ4v) is 2.77. The minimum atomic E-state index is -2.93. The molecule has 2 aromatic rings. The van der Waals surface area contributed by atoms with Crippen molar-refractivity contribution in [1.29, 1.82) is 0 Å². The van der Waals surface area contributed by atoms with Crippen molar-refractivity contribution in [3.05, 3.63) is 59.2 Å². The number of rotatable bonds is 6. The number of carbonyl (C=O) groups excluding carboxylic acids is 2. The molecular formula is C18H17F2NO3S. The maximum Gasteiger partial charge on any atom is 0.387 e. The van der Waals surface area contributed by atoms with Gasteiger partial charge in [-0.3, -0.25) is 14.9 Å². The zero-order valence-corrected chi connectivity index (χ0v) is 14.5. The number of hydrogen-bond donors (Lipinski definition) is 1. The molecule has 0 radical (unpaired) electrons. The smallest absolute Gasteiger partial charge is 0.387 e. The monoisotopic (exact) mass is 365 g/mol. The molecule has 0 atom stereocenters. The Bertz CT molecular complexity index is 763. The lowest BCUT2D eigenvalue weighted by atomic mass is 10.1. The van der Waals surface area contributed by atoms with E-state index < -0.39 is 18.4 Å². The van der Waals surface area contributed by atoms with Crippen LogP contribution in [0.15, 0.2) is 47.4 Å². The lowest BCUT2D eigenvalue weighted by Crippen LogP contribution is -2.31. The molecule has 0 aliphatic rings. The van der Waals surface area contributed by atoms with Crippen molar-refractivity contribution >= 4 is 23.6 Å². The van der Waals surface area contributed by atoms with Crippen LogP contribution in [0.5, 0.6) is 5.75 Å². The molecular weight excluding hydrogens is 348 g/mol. The van der Waals surface area contributed by atoms with E-state index in [1.54, 1.807) is 0 Å². The Balaban J connectivity index is 1.87. The van der Waals surface area contributed by atoms with Crippen LogP contribution in [0, 0.1) is 13.8 Å². The summed E-state index contributed by atoms with van der Waals surface area (Å²) in [6.45, 7) is 1.07. The van der Waals surface area contributed by atoms with E-state index in [4.69, 9.17) is 0 Å². The number of nitrogens with one attached hydrogen (secondary N) is 1. The molecule has 2 aromatic carbocycles. The molecule has 7 heteroatoms. The first-order chi connectivity index (χ1) is 11.8. The van der Waals surface area contributed by atoms with Crippen LogP contribution >= 0.6 is 11.8 Å². The second-order valence-electron chi connectivity index (χ2n) is 5.31. The normalized spacial score (nSPS) is 10.6. The van der Waals surface area contributed by atoms with E-state index in [-0.39, 0.29) is 17.1 Å². The van der Waals surface area contributed by atoms with Crippen molar-refractivity contribution in [2.75, 3.05) is 5.75 Å². The Labute approximate surface area is 148 Å². The highest BCUT2D eigenvalue weighted by molar-refractivity contribution is 8.00. The summed E-state index contributed by atoms with van der Waals surface area (Å²) >= 11 is 1.33. The van der Waals surface area contributed by atoms with Gasteiger partial charge in [0.1, 0.15) is 5.75 Å². The van der Waals surface area contributed by atoms with Crippen LogP contribution in [0.2, 0.25) is 0 Å². The zero-order valence-electron chi connectivity index (χ0n) is 13.7. The van der Waals surface area contributed by atoms with Gasteiger partial charge in [-0.2, -0.15) is 8.78 Å². The Morgan fingerprint density at radius 3 is 2.36 bits per heavy atom. The molecule has 0 bridgehead atoms. The highest BCUT2D eigenvalue weighted by atomic mass is 32.2. The third kappa shape index (κ3) is 5.86. The Morgan fingerprint density at radius 1 is 1.08 bits per heavy atom. The second-order valence-corrected chi connectivity index (χ2v) is 6.36. The summed E-state index contributed by atoms with van der Waals surface area (Å²) < 4.78 is 28.4. The number of carbonyl (C=O) groups is 2. The van der Waals surface area contributed by atoms with Crippen LogP contribution in [-0.2, 0) is 4.79 Å². The molecule has 25 heavy (non-hydrogen) atoms. The largest absolute Gasteiger partial charge is 0.435 e. The van der Waals surface area contributed by atoms with Gasteiger partial charge in [0.25, 0.3) is 5.91 Å². The van der Waals surface area contributed by atoms with Crippen LogP contribution in [0.1, 0.15) is 21.5 Å². The summed E-state index contributed by atoms with van der Waals surface area (Å²) in [5.41, 5.74) is 2.49. The van der Waals surface area contributed by atoms with Crippen molar-refractivity contribution < 1.29 is 23.1 Å². The third-order valence-corrected chi connectivity index (χ3v) is 4.44. The Kier molecular flexibility index (Phi) is 6.52. The summed E-state index contributed by atoms with van der Waals surface area (Å²) in [7, 11) is 0. The molecule has 0 spiro atoms. The highest BCUT2D eigenvalue weighted by Gasteiger charge is 2.12. The van der Waals surface area contributed by atoms with Gasteiger partial charge in [0.15, 0.2) is 0 Å². The lowest BCUT2D eigenvalue weighted by molar-refractivity contribution is -0.117. The minimum Gasteiger partial charge on any atom is -0.435 e. The number of hydrogen-bond acceptors (Lipinski definition) is 4. The number of alkyl halides is 2. The van der Waals surface area contributed by atoms with Crippen molar-refractivity contribution in [2.45, 2.75) is 25.4 Å². The minimum absolute atomic E-state index is 0.0526. The zero-order chi connectivity index (χ0) is 18.4. The van der Waals surface area contributed by atoms with Crippen molar-refractivity contribution in [2.24, 2.45) is 0 Å². The highest BCUT2D eigenvalue weighted by Crippen LogP contribution is 2.21. The summed E-state index contributed by atoms with van der Waals surface area (Å²) in [6.07, 6.45) is 0. The molecule has 0 saturated carbocycles. The van der Waals surface area contributed by atoms with Crippen LogP contribution < -0.4 is 10.1 Å². The average Bonchev–Trinajstić information content (AvgIpc) is 2.56. The van der Waals surface area contributed by atoms with Crippen LogP contribution in [-0.4, -0.2) is 24.2 Å². The maximum absolute atomic E-state index is 12.1. The summed E-state index contributed by atoms with van der Waals surface area (Å²) in [5, 5.41) is 2.27. The number of amides is 2. The fourth-order valence-electron chi connectivity index (χ4n) is 1.98. The first-order valence-electron chi connectivity index (χ1n) is 7.44.